The summed E-state index contributed by atoms with van der Waals surface area (Å²) in [5.41, 5.74) is 1.08. The number of thioether (sulfide) groups is 1. The summed E-state index contributed by atoms with van der Waals surface area (Å²) in [7, 11) is -3.89. The molecule has 1 aromatic carbocycles. The van der Waals surface area contributed by atoms with Crippen LogP contribution < -0.4 is 0 Å². The van der Waals surface area contributed by atoms with Crippen molar-refractivity contribution in [3.05, 3.63) is 27.9 Å². The first-order valence-corrected chi connectivity index (χ1v) is 10.4. The molecule has 3 aromatic rings. The number of sulfone groups is 1. The maximum Gasteiger partial charge on any atom is 0.254 e. The predicted octanol–water partition coefficient (Wildman–Crippen LogP) is 3.65. The molecule has 0 unspecified atom stereocenters. The number of halogens is 2. The van der Waals surface area contributed by atoms with Crippen molar-refractivity contribution in [2.45, 2.75) is 20.6 Å². The molecule has 0 N–H and O–H groups in total. The van der Waals surface area contributed by atoms with E-state index < -0.39 is 9.84 Å². The molecule has 2 aromatic heterocycles. The number of fused-ring (bicyclic) bond motifs is 1. The predicted molar refractivity (Wildman–Crippen MR) is 91.4 cm³/mol. The molecular formula is C12H8Cl2N4O2S3. The third-order valence-electron chi connectivity index (χ3n) is 2.88. The van der Waals surface area contributed by atoms with Gasteiger partial charge in [0.15, 0.2) is 9.37 Å². The van der Waals surface area contributed by atoms with Gasteiger partial charge in [-0.15, -0.1) is 10.2 Å². The number of benzene rings is 1. The smallest absolute Gasteiger partial charge is 0.248 e. The summed E-state index contributed by atoms with van der Waals surface area (Å²) in [6.45, 7) is 1.57. The number of nitrogens with zero attached hydrogens (tertiary/aromatic N) is 4. The van der Waals surface area contributed by atoms with E-state index in [4.69, 9.17) is 23.2 Å². The molecule has 0 aliphatic rings. The lowest BCUT2D eigenvalue weighted by atomic mass is 10.3. The molecule has 2 heterocycles. The Morgan fingerprint density at radius 2 is 1.70 bits per heavy atom. The largest absolute Gasteiger partial charge is 0.254 e. The fraction of sp³-hybridized carbons (Fsp3) is 0.167. The molecule has 23 heavy (non-hydrogen) atoms. The summed E-state index contributed by atoms with van der Waals surface area (Å²) in [5, 5.41) is 7.99. The van der Waals surface area contributed by atoms with Crippen LogP contribution >= 0.6 is 46.3 Å². The first kappa shape index (κ1) is 16.8. The van der Waals surface area contributed by atoms with Gasteiger partial charge < -0.3 is 0 Å². The Balaban J connectivity index is 2.22. The summed E-state index contributed by atoms with van der Waals surface area (Å²) in [6, 6.07) is 3.03. The number of rotatable bonds is 3. The van der Waals surface area contributed by atoms with E-state index in [0.29, 0.717) is 20.4 Å². The van der Waals surface area contributed by atoms with E-state index in [9.17, 15) is 8.42 Å². The van der Waals surface area contributed by atoms with Gasteiger partial charge >= 0.3 is 0 Å². The van der Waals surface area contributed by atoms with E-state index >= 15 is 0 Å². The fourth-order valence-corrected chi connectivity index (χ4v) is 5.21. The van der Waals surface area contributed by atoms with Gasteiger partial charge in [0, 0.05) is 0 Å². The Kier molecular flexibility index (Phi) is 4.49. The Labute approximate surface area is 150 Å². The summed E-state index contributed by atoms with van der Waals surface area (Å²) in [6.07, 6.45) is 1.80. The maximum atomic E-state index is 12.7. The second-order valence-electron chi connectivity index (χ2n) is 4.41. The van der Waals surface area contributed by atoms with E-state index in [1.54, 1.807) is 19.2 Å². The van der Waals surface area contributed by atoms with Gasteiger partial charge in [-0.1, -0.05) is 46.3 Å². The SMILES string of the molecule is CSc1nnc(S(=O)(=O)c2nc3cc(Cl)c(Cl)cc3nc2C)s1. The quantitative estimate of drug-likeness (QED) is 0.613. The minimum absolute atomic E-state index is 0.112. The fourth-order valence-electron chi connectivity index (χ4n) is 1.85. The zero-order chi connectivity index (χ0) is 16.8. The normalized spacial score (nSPS) is 12.0. The molecule has 120 valence electrons. The molecule has 0 saturated carbocycles. The number of hydrogen-bond donors (Lipinski definition) is 0. The Morgan fingerprint density at radius 3 is 2.26 bits per heavy atom. The lowest BCUT2D eigenvalue weighted by molar-refractivity contribution is 0.589. The van der Waals surface area contributed by atoms with Crippen molar-refractivity contribution in [3.63, 3.8) is 0 Å². The van der Waals surface area contributed by atoms with Crippen LogP contribution in [0.2, 0.25) is 10.0 Å². The van der Waals surface area contributed by atoms with Gasteiger partial charge in [-0.2, -0.15) is 0 Å². The van der Waals surface area contributed by atoms with Gasteiger partial charge in [-0.3, -0.25) is 0 Å². The van der Waals surface area contributed by atoms with E-state index in [-0.39, 0.29) is 20.1 Å². The van der Waals surface area contributed by atoms with Crippen LogP contribution in [0.4, 0.5) is 0 Å². The van der Waals surface area contributed by atoms with Crippen molar-refractivity contribution in [1.29, 1.82) is 0 Å². The van der Waals surface area contributed by atoms with Gasteiger partial charge in [0.05, 0.1) is 26.8 Å². The highest BCUT2D eigenvalue weighted by atomic mass is 35.5. The van der Waals surface area contributed by atoms with Crippen molar-refractivity contribution in [3.8, 4) is 0 Å². The van der Waals surface area contributed by atoms with Gasteiger partial charge in [0.2, 0.25) is 4.34 Å². The molecular weight excluding hydrogens is 399 g/mol. The molecule has 0 saturated heterocycles. The Bertz CT molecular complexity index is 1020. The van der Waals surface area contributed by atoms with Crippen LogP contribution in [0.15, 0.2) is 25.8 Å². The molecule has 0 aliphatic heterocycles. The van der Waals surface area contributed by atoms with Crippen molar-refractivity contribution < 1.29 is 8.42 Å². The number of aromatic nitrogens is 4. The maximum absolute atomic E-state index is 12.7. The molecule has 0 atom stereocenters. The second-order valence-corrected chi connectivity index (χ2v) is 9.29. The topological polar surface area (TPSA) is 85.7 Å². The monoisotopic (exact) mass is 406 g/mol. The highest BCUT2D eigenvalue weighted by Crippen LogP contribution is 2.31. The molecule has 11 heteroatoms. The first-order valence-electron chi connectivity index (χ1n) is 6.09. The molecule has 0 amide bonds. The third-order valence-corrected chi connectivity index (χ3v) is 7.65. The van der Waals surface area contributed by atoms with Gasteiger partial charge in [0.1, 0.15) is 0 Å². The molecule has 0 spiro atoms. The van der Waals surface area contributed by atoms with Crippen LogP contribution in [0.25, 0.3) is 11.0 Å². The van der Waals surface area contributed by atoms with Gasteiger partial charge in [-0.05, 0) is 25.3 Å². The molecule has 0 radical (unpaired) electrons. The minimum Gasteiger partial charge on any atom is -0.248 e. The van der Waals surface area contributed by atoms with Crippen molar-refractivity contribution in [2.75, 3.05) is 6.26 Å². The van der Waals surface area contributed by atoms with E-state index in [2.05, 4.69) is 20.2 Å². The zero-order valence-electron chi connectivity index (χ0n) is 11.7. The van der Waals surface area contributed by atoms with Crippen molar-refractivity contribution >= 4 is 67.2 Å². The highest BCUT2D eigenvalue weighted by molar-refractivity contribution is 8.01. The minimum atomic E-state index is -3.89. The Hall–Kier alpha value is -1.00. The van der Waals surface area contributed by atoms with Crippen LogP contribution in [-0.4, -0.2) is 34.8 Å². The van der Waals surface area contributed by atoms with Crippen molar-refractivity contribution in [1.82, 2.24) is 20.2 Å². The average molecular weight is 407 g/mol. The summed E-state index contributed by atoms with van der Waals surface area (Å²) >= 11 is 14.2. The standard InChI is InChI=1S/C12H8Cl2N4O2S3/c1-5-10(23(19,20)12-18-17-11(21-2)22-12)16-9-4-7(14)6(13)3-8(9)15-5/h3-4H,1-2H3. The van der Waals surface area contributed by atoms with E-state index in [1.807, 2.05) is 0 Å². The summed E-state index contributed by atoms with van der Waals surface area (Å²) in [5.74, 6) is 0. The van der Waals surface area contributed by atoms with Crippen LogP contribution in [0.5, 0.6) is 0 Å². The van der Waals surface area contributed by atoms with Crippen LogP contribution in [0.3, 0.4) is 0 Å². The zero-order valence-corrected chi connectivity index (χ0v) is 15.7. The van der Waals surface area contributed by atoms with Gasteiger partial charge in [-0.25, -0.2) is 18.4 Å². The molecule has 0 fully saturated rings. The van der Waals surface area contributed by atoms with Gasteiger partial charge in [0.25, 0.3) is 9.84 Å². The highest BCUT2D eigenvalue weighted by Gasteiger charge is 2.27. The first-order chi connectivity index (χ1) is 10.8. The average Bonchev–Trinajstić information content (AvgIpc) is 2.98. The van der Waals surface area contributed by atoms with Crippen molar-refractivity contribution in [2.24, 2.45) is 0 Å². The molecule has 3 rings (SSSR count). The number of aryl methyl sites for hydroxylation is 1. The third kappa shape index (κ3) is 3.03. The molecule has 6 nitrogen and oxygen atoms in total. The second kappa shape index (κ2) is 6.14. The lowest BCUT2D eigenvalue weighted by Gasteiger charge is -2.06. The van der Waals surface area contributed by atoms with E-state index in [1.165, 1.54) is 17.8 Å². The van der Waals surface area contributed by atoms with Crippen LogP contribution in [-0.2, 0) is 9.84 Å². The van der Waals surface area contributed by atoms with E-state index in [0.717, 1.165) is 11.3 Å². The Morgan fingerprint density at radius 1 is 1.09 bits per heavy atom. The molecule has 0 aliphatic carbocycles. The molecule has 0 bridgehead atoms. The van der Waals surface area contributed by atoms with Crippen LogP contribution in [0, 0.1) is 6.92 Å². The summed E-state index contributed by atoms with van der Waals surface area (Å²) in [4.78, 5) is 8.46. The number of hydrogen-bond acceptors (Lipinski definition) is 8. The summed E-state index contributed by atoms with van der Waals surface area (Å²) < 4.78 is 25.9. The van der Waals surface area contributed by atoms with Crippen LogP contribution in [0.1, 0.15) is 5.69 Å². The lowest BCUT2D eigenvalue weighted by Crippen LogP contribution is -2.08.